The maximum atomic E-state index is 11.7. The van der Waals surface area contributed by atoms with E-state index in [2.05, 4.69) is 19.1 Å². The van der Waals surface area contributed by atoms with Gasteiger partial charge in [0, 0.05) is 11.0 Å². The molecule has 0 N–H and O–H groups in total. The number of hydrogen-bond donors (Lipinski definition) is 0. The van der Waals surface area contributed by atoms with Gasteiger partial charge in [0.1, 0.15) is 0 Å². The fourth-order valence-electron chi connectivity index (χ4n) is 3.22. The van der Waals surface area contributed by atoms with E-state index in [0.717, 1.165) is 12.0 Å². The minimum absolute atomic E-state index is 0.227. The zero-order valence-corrected chi connectivity index (χ0v) is 9.10. The van der Waals surface area contributed by atoms with Crippen molar-refractivity contribution in [3.63, 3.8) is 0 Å². The smallest absolute Gasteiger partial charge is 0.156 e. The molecule has 0 aliphatic heterocycles. The monoisotopic (exact) mass is 190 g/mol. The zero-order valence-electron chi connectivity index (χ0n) is 9.10. The highest BCUT2D eigenvalue weighted by Crippen LogP contribution is 2.50. The highest BCUT2D eigenvalue weighted by Gasteiger charge is 2.40. The normalized spacial score (nSPS) is 24.7. The summed E-state index contributed by atoms with van der Waals surface area (Å²) in [6.45, 7) is 3.80. The summed E-state index contributed by atoms with van der Waals surface area (Å²) in [6, 6.07) is 0. The third-order valence-corrected chi connectivity index (χ3v) is 3.71. The van der Waals surface area contributed by atoms with Crippen LogP contribution in [0.5, 0.6) is 0 Å². The summed E-state index contributed by atoms with van der Waals surface area (Å²) in [6.07, 6.45) is 10.4. The summed E-state index contributed by atoms with van der Waals surface area (Å²) in [5.74, 6) is 0.286. The lowest BCUT2D eigenvalue weighted by atomic mass is 9.70. The van der Waals surface area contributed by atoms with E-state index in [0.29, 0.717) is 0 Å². The Balaban J connectivity index is 2.44. The molecule has 0 aromatic carbocycles. The van der Waals surface area contributed by atoms with Crippen LogP contribution in [0.1, 0.15) is 46.0 Å². The predicted molar refractivity (Wildman–Crippen MR) is 58.0 cm³/mol. The van der Waals surface area contributed by atoms with Crippen LogP contribution < -0.4 is 0 Å². The molecule has 2 rings (SSSR count). The number of hydrogen-bond acceptors (Lipinski definition) is 1. The van der Waals surface area contributed by atoms with Crippen LogP contribution in [0.4, 0.5) is 0 Å². The van der Waals surface area contributed by atoms with Crippen molar-refractivity contribution in [2.45, 2.75) is 46.0 Å². The first-order valence-electron chi connectivity index (χ1n) is 5.55. The van der Waals surface area contributed by atoms with Gasteiger partial charge in [-0.1, -0.05) is 25.0 Å². The molecular weight excluding hydrogens is 172 g/mol. The quantitative estimate of drug-likeness (QED) is 0.619. The Morgan fingerprint density at radius 1 is 1.36 bits per heavy atom. The van der Waals surface area contributed by atoms with Crippen LogP contribution in [0.2, 0.25) is 0 Å². The number of Topliss-reactive ketones (excluding diaryl/α,β-unsaturated/α-hetero) is 1. The van der Waals surface area contributed by atoms with Crippen LogP contribution in [-0.4, -0.2) is 5.78 Å². The van der Waals surface area contributed by atoms with E-state index >= 15 is 0 Å². The van der Waals surface area contributed by atoms with E-state index in [1.165, 1.54) is 31.3 Å². The Kier molecular flexibility index (Phi) is 2.34. The zero-order chi connectivity index (χ0) is 10.2. The van der Waals surface area contributed by atoms with Crippen molar-refractivity contribution in [3.8, 4) is 0 Å². The summed E-state index contributed by atoms with van der Waals surface area (Å²) in [5, 5.41) is 0. The summed E-state index contributed by atoms with van der Waals surface area (Å²) in [7, 11) is 0. The van der Waals surface area contributed by atoms with Crippen LogP contribution in [0.15, 0.2) is 23.3 Å². The maximum Gasteiger partial charge on any atom is 0.156 e. The van der Waals surface area contributed by atoms with Crippen LogP contribution >= 0.6 is 0 Å². The summed E-state index contributed by atoms with van der Waals surface area (Å²) >= 11 is 0. The van der Waals surface area contributed by atoms with E-state index in [1.54, 1.807) is 6.92 Å². The number of rotatable bonds is 1. The van der Waals surface area contributed by atoms with Gasteiger partial charge in [-0.2, -0.15) is 0 Å². The van der Waals surface area contributed by atoms with Gasteiger partial charge >= 0.3 is 0 Å². The van der Waals surface area contributed by atoms with Gasteiger partial charge in [-0.3, -0.25) is 4.79 Å². The second-order valence-electron chi connectivity index (χ2n) is 4.71. The molecule has 2 aliphatic carbocycles. The SMILES string of the molecule is CC(=O)C1=C(C)C=CCC12CCCC2. The Labute approximate surface area is 85.9 Å². The van der Waals surface area contributed by atoms with Crippen molar-refractivity contribution >= 4 is 5.78 Å². The van der Waals surface area contributed by atoms with Crippen molar-refractivity contribution < 1.29 is 4.79 Å². The van der Waals surface area contributed by atoms with Crippen LogP contribution in [-0.2, 0) is 4.79 Å². The van der Waals surface area contributed by atoms with Crippen molar-refractivity contribution in [2.75, 3.05) is 0 Å². The van der Waals surface area contributed by atoms with Crippen molar-refractivity contribution in [1.29, 1.82) is 0 Å². The Morgan fingerprint density at radius 2 is 2.00 bits per heavy atom. The standard InChI is InChI=1S/C13H18O/c1-10-6-5-9-13(7-3-4-8-13)12(10)11(2)14/h5-6H,3-4,7-9H2,1-2H3. The van der Waals surface area contributed by atoms with Gasteiger partial charge in [0.05, 0.1) is 0 Å². The largest absolute Gasteiger partial charge is 0.295 e. The third-order valence-electron chi connectivity index (χ3n) is 3.71. The molecule has 0 aromatic heterocycles. The summed E-state index contributed by atoms with van der Waals surface area (Å²) in [4.78, 5) is 11.7. The fourth-order valence-corrected chi connectivity index (χ4v) is 3.22. The van der Waals surface area contributed by atoms with Gasteiger partial charge in [0.25, 0.3) is 0 Å². The number of ketones is 1. The number of allylic oxidation sites excluding steroid dienone is 4. The molecule has 0 bridgehead atoms. The molecule has 1 saturated carbocycles. The summed E-state index contributed by atoms with van der Waals surface area (Å²) < 4.78 is 0. The average molecular weight is 190 g/mol. The van der Waals surface area contributed by atoms with Gasteiger partial charge in [-0.15, -0.1) is 0 Å². The summed E-state index contributed by atoms with van der Waals surface area (Å²) in [5.41, 5.74) is 2.55. The highest BCUT2D eigenvalue weighted by atomic mass is 16.1. The predicted octanol–water partition coefficient (Wildman–Crippen LogP) is 3.41. The molecule has 1 heteroatoms. The molecule has 0 heterocycles. The molecule has 0 amide bonds. The molecule has 2 aliphatic rings. The van der Waals surface area contributed by atoms with Crippen LogP contribution in [0, 0.1) is 5.41 Å². The van der Waals surface area contributed by atoms with Gasteiger partial charge in [-0.25, -0.2) is 0 Å². The number of carbonyl (C=O) groups excluding carboxylic acids is 1. The van der Waals surface area contributed by atoms with E-state index in [9.17, 15) is 4.79 Å². The molecule has 1 spiro atoms. The van der Waals surface area contributed by atoms with Crippen molar-refractivity contribution in [2.24, 2.45) is 5.41 Å². The van der Waals surface area contributed by atoms with E-state index in [1.807, 2.05) is 0 Å². The minimum Gasteiger partial charge on any atom is -0.295 e. The topological polar surface area (TPSA) is 17.1 Å². The van der Waals surface area contributed by atoms with Crippen LogP contribution in [0.3, 0.4) is 0 Å². The lowest BCUT2D eigenvalue weighted by Crippen LogP contribution is -2.26. The van der Waals surface area contributed by atoms with Gasteiger partial charge in [-0.05, 0) is 38.7 Å². The molecule has 1 fully saturated rings. The molecule has 14 heavy (non-hydrogen) atoms. The molecule has 0 saturated heterocycles. The van der Waals surface area contributed by atoms with E-state index in [4.69, 9.17) is 0 Å². The lowest BCUT2D eigenvalue weighted by Gasteiger charge is -2.33. The lowest BCUT2D eigenvalue weighted by molar-refractivity contribution is -0.114. The van der Waals surface area contributed by atoms with Gasteiger partial charge < -0.3 is 0 Å². The van der Waals surface area contributed by atoms with E-state index in [-0.39, 0.29) is 11.2 Å². The van der Waals surface area contributed by atoms with Gasteiger partial charge in [0.2, 0.25) is 0 Å². The fraction of sp³-hybridized carbons (Fsp3) is 0.615. The molecule has 0 aromatic rings. The van der Waals surface area contributed by atoms with E-state index < -0.39 is 0 Å². The first-order valence-corrected chi connectivity index (χ1v) is 5.55. The maximum absolute atomic E-state index is 11.7. The molecule has 0 radical (unpaired) electrons. The first-order chi connectivity index (χ1) is 6.66. The molecule has 76 valence electrons. The van der Waals surface area contributed by atoms with Gasteiger partial charge in [0.15, 0.2) is 5.78 Å². The molecular formula is C13H18O. The molecule has 1 nitrogen and oxygen atoms in total. The van der Waals surface area contributed by atoms with Crippen molar-refractivity contribution in [1.82, 2.24) is 0 Å². The highest BCUT2D eigenvalue weighted by molar-refractivity contribution is 5.96. The van der Waals surface area contributed by atoms with Crippen molar-refractivity contribution in [3.05, 3.63) is 23.3 Å². The van der Waals surface area contributed by atoms with Crippen LogP contribution in [0.25, 0.3) is 0 Å². The Bertz CT molecular complexity index is 314. The number of carbonyl (C=O) groups is 1. The average Bonchev–Trinajstić information content (AvgIpc) is 2.53. The molecule has 0 atom stereocenters. The second kappa shape index (κ2) is 3.38. The molecule has 0 unspecified atom stereocenters. The third kappa shape index (κ3) is 1.35. The Hall–Kier alpha value is -0.850. The second-order valence-corrected chi connectivity index (χ2v) is 4.71. The minimum atomic E-state index is 0.227. The first kappa shape index (κ1) is 9.70. The Morgan fingerprint density at radius 3 is 2.57 bits per heavy atom.